The number of aromatic nitrogens is 2. The number of amides is 1. The SMILES string of the molecule is C[C@H](NC(=O)c1ccccc1F)c1nc2cc(Cl)ccc2c(=O)n1C. The van der Waals surface area contributed by atoms with Crippen LogP contribution in [-0.4, -0.2) is 15.5 Å². The van der Waals surface area contributed by atoms with Gasteiger partial charge in [0.25, 0.3) is 11.5 Å². The molecule has 1 atom stereocenters. The normalized spacial score (nSPS) is 12.2. The summed E-state index contributed by atoms with van der Waals surface area (Å²) < 4.78 is 15.1. The summed E-state index contributed by atoms with van der Waals surface area (Å²) in [7, 11) is 1.57. The molecule has 0 aliphatic carbocycles. The molecular formula is C18H15ClFN3O2. The molecule has 1 N–H and O–H groups in total. The molecule has 5 nitrogen and oxygen atoms in total. The molecule has 3 aromatic rings. The molecule has 1 aromatic heterocycles. The summed E-state index contributed by atoms with van der Waals surface area (Å²) in [6.07, 6.45) is 0. The Bertz CT molecular complexity index is 1030. The summed E-state index contributed by atoms with van der Waals surface area (Å²) >= 11 is 5.96. The van der Waals surface area contributed by atoms with Gasteiger partial charge in [0.2, 0.25) is 0 Å². The summed E-state index contributed by atoms with van der Waals surface area (Å²) in [6.45, 7) is 1.68. The van der Waals surface area contributed by atoms with Gasteiger partial charge in [0.05, 0.1) is 22.5 Å². The smallest absolute Gasteiger partial charge is 0.261 e. The number of benzene rings is 2. The van der Waals surface area contributed by atoms with Crippen molar-refractivity contribution in [3.8, 4) is 0 Å². The highest BCUT2D eigenvalue weighted by Crippen LogP contribution is 2.18. The van der Waals surface area contributed by atoms with Crippen LogP contribution in [0.1, 0.15) is 29.1 Å². The topological polar surface area (TPSA) is 64.0 Å². The minimum absolute atomic E-state index is 0.0665. The summed E-state index contributed by atoms with van der Waals surface area (Å²) in [5.41, 5.74) is 0.129. The van der Waals surface area contributed by atoms with Crippen molar-refractivity contribution < 1.29 is 9.18 Å². The average molecular weight is 360 g/mol. The highest BCUT2D eigenvalue weighted by atomic mass is 35.5. The van der Waals surface area contributed by atoms with E-state index in [1.165, 1.54) is 22.8 Å². The first-order chi connectivity index (χ1) is 11.9. The van der Waals surface area contributed by atoms with E-state index < -0.39 is 17.8 Å². The third-order valence-corrected chi connectivity index (χ3v) is 4.16. The van der Waals surface area contributed by atoms with Crippen molar-refractivity contribution in [3.05, 3.63) is 75.0 Å². The standard InChI is InChI=1S/C18H15ClFN3O2/c1-10(21-17(24)12-5-3-4-6-14(12)20)16-22-15-9-11(19)7-8-13(15)18(25)23(16)2/h3-10H,1-2H3,(H,21,24)/t10-/m0/s1. The summed E-state index contributed by atoms with van der Waals surface area (Å²) in [5.74, 6) is -0.838. The van der Waals surface area contributed by atoms with E-state index in [9.17, 15) is 14.0 Å². The molecule has 0 fully saturated rings. The summed E-state index contributed by atoms with van der Waals surface area (Å²) in [6, 6.07) is 9.91. The van der Waals surface area contributed by atoms with Gasteiger partial charge in [-0.05, 0) is 37.3 Å². The molecule has 0 spiro atoms. The van der Waals surface area contributed by atoms with E-state index in [0.29, 0.717) is 21.7 Å². The number of hydrogen-bond acceptors (Lipinski definition) is 3. The van der Waals surface area contributed by atoms with Gasteiger partial charge in [0.15, 0.2) is 0 Å². The lowest BCUT2D eigenvalue weighted by Crippen LogP contribution is -2.33. The Morgan fingerprint density at radius 1 is 1.28 bits per heavy atom. The molecule has 0 saturated carbocycles. The van der Waals surface area contributed by atoms with E-state index in [4.69, 9.17) is 11.6 Å². The predicted molar refractivity (Wildman–Crippen MR) is 94.3 cm³/mol. The van der Waals surface area contributed by atoms with Crippen LogP contribution >= 0.6 is 11.6 Å². The maximum absolute atomic E-state index is 13.7. The van der Waals surface area contributed by atoms with E-state index in [2.05, 4.69) is 10.3 Å². The number of rotatable bonds is 3. The second kappa shape index (κ2) is 6.64. The number of halogens is 2. The maximum Gasteiger partial charge on any atom is 0.261 e. The largest absolute Gasteiger partial charge is 0.342 e. The van der Waals surface area contributed by atoms with Gasteiger partial charge in [-0.1, -0.05) is 23.7 Å². The second-order valence-corrected chi connectivity index (χ2v) is 6.11. The molecule has 7 heteroatoms. The molecule has 25 heavy (non-hydrogen) atoms. The van der Waals surface area contributed by atoms with Crippen LogP contribution in [0.2, 0.25) is 5.02 Å². The van der Waals surface area contributed by atoms with Gasteiger partial charge in [0.1, 0.15) is 11.6 Å². The van der Waals surface area contributed by atoms with E-state index >= 15 is 0 Å². The van der Waals surface area contributed by atoms with Crippen molar-refractivity contribution in [1.29, 1.82) is 0 Å². The Morgan fingerprint density at radius 2 is 2.00 bits per heavy atom. The van der Waals surface area contributed by atoms with Crippen LogP contribution in [0.3, 0.4) is 0 Å². The number of nitrogens with one attached hydrogen (secondary N) is 1. The zero-order valence-corrected chi connectivity index (χ0v) is 14.3. The minimum Gasteiger partial charge on any atom is -0.342 e. The lowest BCUT2D eigenvalue weighted by molar-refractivity contribution is 0.0933. The van der Waals surface area contributed by atoms with Gasteiger partial charge in [-0.2, -0.15) is 0 Å². The van der Waals surface area contributed by atoms with Crippen LogP contribution < -0.4 is 10.9 Å². The van der Waals surface area contributed by atoms with Crippen molar-refractivity contribution in [3.63, 3.8) is 0 Å². The van der Waals surface area contributed by atoms with Crippen LogP contribution in [0, 0.1) is 5.82 Å². The molecule has 1 heterocycles. The van der Waals surface area contributed by atoms with Crippen LogP contribution in [0.5, 0.6) is 0 Å². The van der Waals surface area contributed by atoms with Gasteiger partial charge in [-0.15, -0.1) is 0 Å². The highest BCUT2D eigenvalue weighted by Gasteiger charge is 2.19. The van der Waals surface area contributed by atoms with E-state index in [1.807, 2.05) is 0 Å². The number of carbonyl (C=O) groups is 1. The fourth-order valence-corrected chi connectivity index (χ4v) is 2.80. The Hall–Kier alpha value is -2.73. The zero-order chi connectivity index (χ0) is 18.1. The van der Waals surface area contributed by atoms with Crippen LogP contribution in [0.4, 0.5) is 4.39 Å². The molecule has 0 bridgehead atoms. The van der Waals surface area contributed by atoms with Gasteiger partial charge < -0.3 is 5.32 Å². The molecule has 2 aromatic carbocycles. The Labute approximate surface area is 148 Å². The van der Waals surface area contributed by atoms with Crippen LogP contribution in [0.25, 0.3) is 10.9 Å². The number of hydrogen-bond donors (Lipinski definition) is 1. The average Bonchev–Trinajstić information content (AvgIpc) is 2.58. The first-order valence-corrected chi connectivity index (χ1v) is 7.98. The fourth-order valence-electron chi connectivity index (χ4n) is 2.63. The number of carbonyl (C=O) groups excluding carboxylic acids is 1. The molecule has 0 aliphatic rings. The van der Waals surface area contributed by atoms with E-state index in [-0.39, 0.29) is 11.1 Å². The Kier molecular flexibility index (Phi) is 4.55. The molecule has 128 valence electrons. The quantitative estimate of drug-likeness (QED) is 0.781. The Balaban J connectivity index is 1.98. The molecule has 0 saturated heterocycles. The first-order valence-electron chi connectivity index (χ1n) is 7.60. The van der Waals surface area contributed by atoms with E-state index in [0.717, 1.165) is 0 Å². The maximum atomic E-state index is 13.7. The molecule has 0 aliphatic heterocycles. The van der Waals surface area contributed by atoms with Crippen molar-refractivity contribution in [1.82, 2.24) is 14.9 Å². The van der Waals surface area contributed by atoms with E-state index in [1.54, 1.807) is 38.2 Å². The van der Waals surface area contributed by atoms with Gasteiger partial charge in [0, 0.05) is 12.1 Å². The number of nitrogens with zero attached hydrogens (tertiary/aromatic N) is 2. The summed E-state index contributed by atoms with van der Waals surface area (Å²) in [5, 5.41) is 3.56. The predicted octanol–water partition coefficient (Wildman–Crippen LogP) is 3.22. The van der Waals surface area contributed by atoms with Crippen molar-refractivity contribution in [2.24, 2.45) is 7.05 Å². The third-order valence-electron chi connectivity index (χ3n) is 3.93. The number of fused-ring (bicyclic) bond motifs is 1. The summed E-state index contributed by atoms with van der Waals surface area (Å²) in [4.78, 5) is 29.2. The Morgan fingerprint density at radius 3 is 2.72 bits per heavy atom. The zero-order valence-electron chi connectivity index (χ0n) is 13.6. The molecular weight excluding hydrogens is 345 g/mol. The van der Waals surface area contributed by atoms with Gasteiger partial charge in [-0.25, -0.2) is 9.37 Å². The molecule has 0 radical (unpaired) electrons. The lowest BCUT2D eigenvalue weighted by Gasteiger charge is -2.17. The van der Waals surface area contributed by atoms with Crippen LogP contribution in [0.15, 0.2) is 47.3 Å². The monoisotopic (exact) mass is 359 g/mol. The molecule has 1 amide bonds. The third kappa shape index (κ3) is 3.25. The lowest BCUT2D eigenvalue weighted by atomic mass is 10.1. The minimum atomic E-state index is -0.612. The fraction of sp³-hybridized carbons (Fsp3) is 0.167. The molecule has 3 rings (SSSR count). The highest BCUT2D eigenvalue weighted by molar-refractivity contribution is 6.31. The van der Waals surface area contributed by atoms with Crippen molar-refractivity contribution >= 4 is 28.4 Å². The van der Waals surface area contributed by atoms with Crippen molar-refractivity contribution in [2.45, 2.75) is 13.0 Å². The van der Waals surface area contributed by atoms with Gasteiger partial charge in [-0.3, -0.25) is 14.2 Å². The van der Waals surface area contributed by atoms with Crippen molar-refractivity contribution in [2.75, 3.05) is 0 Å². The van der Waals surface area contributed by atoms with Crippen LogP contribution in [-0.2, 0) is 7.05 Å². The second-order valence-electron chi connectivity index (χ2n) is 5.67. The molecule has 0 unspecified atom stereocenters. The first kappa shape index (κ1) is 17.1. The van der Waals surface area contributed by atoms with Gasteiger partial charge >= 0.3 is 0 Å².